The van der Waals surface area contributed by atoms with Crippen LogP contribution in [-0.2, 0) is 5.41 Å². The Bertz CT molecular complexity index is 518. The number of hydrogen-bond acceptors (Lipinski definition) is 1. The van der Waals surface area contributed by atoms with Gasteiger partial charge in [-0.15, -0.1) is 0 Å². The van der Waals surface area contributed by atoms with E-state index in [0.717, 1.165) is 12.0 Å². The highest BCUT2D eigenvalue weighted by Crippen LogP contribution is 2.41. The van der Waals surface area contributed by atoms with E-state index in [1.54, 1.807) is 6.92 Å². The van der Waals surface area contributed by atoms with Crippen molar-refractivity contribution in [2.45, 2.75) is 46.5 Å². The van der Waals surface area contributed by atoms with Gasteiger partial charge in [-0.2, -0.15) is 0 Å². The van der Waals surface area contributed by atoms with E-state index in [0.29, 0.717) is 5.92 Å². The Morgan fingerprint density at radius 1 is 1.28 bits per heavy atom. The van der Waals surface area contributed by atoms with Crippen LogP contribution in [0.2, 0.25) is 0 Å². The summed E-state index contributed by atoms with van der Waals surface area (Å²) in [6.45, 7) is 10.6. The smallest absolute Gasteiger partial charge is 0.159 e. The number of benzene rings is 1. The molecule has 0 saturated heterocycles. The van der Waals surface area contributed by atoms with Crippen molar-refractivity contribution < 1.29 is 4.79 Å². The summed E-state index contributed by atoms with van der Waals surface area (Å²) in [7, 11) is 0. The van der Waals surface area contributed by atoms with Crippen molar-refractivity contribution in [2.75, 3.05) is 0 Å². The first-order valence-electron chi connectivity index (χ1n) is 6.69. The number of fused-ring (bicyclic) bond motifs is 1. The molecule has 1 nitrogen and oxygen atoms in total. The van der Waals surface area contributed by atoms with Gasteiger partial charge in [-0.3, -0.25) is 4.79 Å². The fourth-order valence-electron chi connectivity index (χ4n) is 2.71. The third-order valence-electron chi connectivity index (χ3n) is 3.92. The summed E-state index contributed by atoms with van der Waals surface area (Å²) in [4.78, 5) is 11.5. The zero-order chi connectivity index (χ0) is 13.5. The van der Waals surface area contributed by atoms with Gasteiger partial charge in [-0.1, -0.05) is 45.9 Å². The van der Waals surface area contributed by atoms with Gasteiger partial charge in [0.05, 0.1) is 0 Å². The minimum absolute atomic E-state index is 0.124. The van der Waals surface area contributed by atoms with E-state index in [1.165, 1.54) is 16.7 Å². The molecule has 0 N–H and O–H groups in total. The number of hydrogen-bond donors (Lipinski definition) is 0. The average Bonchev–Trinajstić information content (AvgIpc) is 2.28. The van der Waals surface area contributed by atoms with E-state index < -0.39 is 0 Å². The van der Waals surface area contributed by atoms with Crippen molar-refractivity contribution in [1.82, 2.24) is 0 Å². The lowest BCUT2D eigenvalue weighted by Gasteiger charge is -2.33. The zero-order valence-electron chi connectivity index (χ0n) is 12.0. The molecule has 2 rings (SSSR count). The van der Waals surface area contributed by atoms with Crippen LogP contribution in [0, 0.1) is 5.92 Å². The van der Waals surface area contributed by atoms with Crippen LogP contribution >= 0.6 is 0 Å². The third-order valence-corrected chi connectivity index (χ3v) is 3.92. The lowest BCUT2D eigenvalue weighted by Crippen LogP contribution is -2.23. The van der Waals surface area contributed by atoms with Crippen molar-refractivity contribution in [3.63, 3.8) is 0 Å². The first-order chi connectivity index (χ1) is 8.33. The summed E-state index contributed by atoms with van der Waals surface area (Å²) in [5.74, 6) is 0.678. The number of carbonyl (C=O) groups is 1. The molecule has 1 aliphatic rings. The van der Waals surface area contributed by atoms with Crippen LogP contribution < -0.4 is 0 Å². The molecule has 0 radical (unpaired) electrons. The lowest BCUT2D eigenvalue weighted by atomic mass is 9.71. The summed E-state index contributed by atoms with van der Waals surface area (Å²) in [6.07, 6.45) is 3.41. The van der Waals surface area contributed by atoms with Crippen molar-refractivity contribution in [2.24, 2.45) is 5.92 Å². The molecule has 0 amide bonds. The quantitative estimate of drug-likeness (QED) is 0.692. The molecule has 0 aromatic heterocycles. The average molecular weight is 242 g/mol. The highest BCUT2D eigenvalue weighted by molar-refractivity contribution is 5.95. The Kier molecular flexibility index (Phi) is 3.18. The maximum absolute atomic E-state index is 11.5. The van der Waals surface area contributed by atoms with E-state index in [1.807, 2.05) is 6.07 Å². The van der Waals surface area contributed by atoms with Crippen LogP contribution in [0.1, 0.15) is 62.5 Å². The largest absolute Gasteiger partial charge is 0.295 e. The van der Waals surface area contributed by atoms with Crippen LogP contribution in [0.5, 0.6) is 0 Å². The standard InChI is InChI=1S/C17H22O/c1-11(2)14-8-9-17(4,5)16-10-13(12(3)18)6-7-15(14)16/h6-8,10-11H,9H2,1-5H3. The molecule has 0 spiro atoms. The molecule has 0 fully saturated rings. The highest BCUT2D eigenvalue weighted by atomic mass is 16.1. The molecule has 0 atom stereocenters. The van der Waals surface area contributed by atoms with Crippen LogP contribution in [0.3, 0.4) is 0 Å². The van der Waals surface area contributed by atoms with Crippen LogP contribution in [0.15, 0.2) is 24.3 Å². The Morgan fingerprint density at radius 3 is 2.50 bits per heavy atom. The molecule has 18 heavy (non-hydrogen) atoms. The van der Waals surface area contributed by atoms with Crippen molar-refractivity contribution >= 4 is 11.4 Å². The second-order valence-electron chi connectivity index (χ2n) is 6.22. The Balaban J connectivity index is 2.62. The van der Waals surface area contributed by atoms with Crippen molar-refractivity contribution in [3.8, 4) is 0 Å². The molecular weight excluding hydrogens is 220 g/mol. The molecule has 1 aromatic rings. The Morgan fingerprint density at radius 2 is 1.94 bits per heavy atom. The zero-order valence-corrected chi connectivity index (χ0v) is 12.0. The molecule has 0 saturated carbocycles. The van der Waals surface area contributed by atoms with Crippen molar-refractivity contribution in [1.29, 1.82) is 0 Å². The minimum atomic E-state index is 0.124. The molecular formula is C17H22O. The normalized spacial score (nSPS) is 17.3. The van der Waals surface area contributed by atoms with E-state index in [2.05, 4.69) is 45.9 Å². The first kappa shape index (κ1) is 13.1. The summed E-state index contributed by atoms with van der Waals surface area (Å²) >= 11 is 0. The maximum atomic E-state index is 11.5. The fraction of sp³-hybridized carbons (Fsp3) is 0.471. The topological polar surface area (TPSA) is 17.1 Å². The summed E-state index contributed by atoms with van der Waals surface area (Å²) < 4.78 is 0. The van der Waals surface area contributed by atoms with Crippen LogP contribution in [-0.4, -0.2) is 5.78 Å². The summed E-state index contributed by atoms with van der Waals surface area (Å²) in [6, 6.07) is 6.17. The van der Waals surface area contributed by atoms with E-state index >= 15 is 0 Å². The van der Waals surface area contributed by atoms with Gasteiger partial charge in [0.25, 0.3) is 0 Å². The molecule has 0 heterocycles. The molecule has 0 bridgehead atoms. The number of rotatable bonds is 2. The number of Topliss-reactive ketones (excluding diaryl/α,β-unsaturated/α-hetero) is 1. The van der Waals surface area contributed by atoms with Gasteiger partial charge in [0.2, 0.25) is 0 Å². The Labute approximate surface area is 110 Å². The summed E-state index contributed by atoms with van der Waals surface area (Å²) in [5.41, 5.74) is 5.01. The molecule has 1 heteroatoms. The van der Waals surface area contributed by atoms with Gasteiger partial charge < -0.3 is 0 Å². The van der Waals surface area contributed by atoms with Crippen molar-refractivity contribution in [3.05, 3.63) is 41.0 Å². The first-order valence-corrected chi connectivity index (χ1v) is 6.69. The highest BCUT2D eigenvalue weighted by Gasteiger charge is 2.29. The van der Waals surface area contributed by atoms with Gasteiger partial charge in [-0.05, 0) is 47.4 Å². The molecule has 1 aliphatic carbocycles. The van der Waals surface area contributed by atoms with Gasteiger partial charge in [0.1, 0.15) is 0 Å². The fourth-order valence-corrected chi connectivity index (χ4v) is 2.71. The second kappa shape index (κ2) is 4.38. The SMILES string of the molecule is CC(=O)c1ccc2c(c1)C(C)(C)CC=C2C(C)C. The number of carbonyl (C=O) groups excluding carboxylic acids is 1. The predicted molar refractivity (Wildman–Crippen MR) is 76.9 cm³/mol. The second-order valence-corrected chi connectivity index (χ2v) is 6.22. The summed E-state index contributed by atoms with van der Waals surface area (Å²) in [5, 5.41) is 0. The maximum Gasteiger partial charge on any atom is 0.159 e. The molecule has 96 valence electrons. The van der Waals surface area contributed by atoms with Gasteiger partial charge in [0.15, 0.2) is 5.78 Å². The Hall–Kier alpha value is -1.37. The lowest BCUT2D eigenvalue weighted by molar-refractivity contribution is 0.101. The van der Waals surface area contributed by atoms with Gasteiger partial charge in [0, 0.05) is 5.56 Å². The molecule has 0 unspecified atom stereocenters. The van der Waals surface area contributed by atoms with Gasteiger partial charge >= 0.3 is 0 Å². The van der Waals surface area contributed by atoms with E-state index in [4.69, 9.17) is 0 Å². The number of ketones is 1. The van der Waals surface area contributed by atoms with Gasteiger partial charge in [-0.25, -0.2) is 0 Å². The third kappa shape index (κ3) is 2.14. The van der Waals surface area contributed by atoms with Crippen LogP contribution in [0.4, 0.5) is 0 Å². The number of allylic oxidation sites excluding steroid dienone is 2. The van der Waals surface area contributed by atoms with E-state index in [-0.39, 0.29) is 11.2 Å². The van der Waals surface area contributed by atoms with E-state index in [9.17, 15) is 4.79 Å². The predicted octanol–water partition coefficient (Wildman–Crippen LogP) is 4.61. The minimum Gasteiger partial charge on any atom is -0.295 e. The van der Waals surface area contributed by atoms with Crippen LogP contribution in [0.25, 0.3) is 5.57 Å². The molecule has 1 aromatic carbocycles. The monoisotopic (exact) mass is 242 g/mol. The molecule has 0 aliphatic heterocycles.